The van der Waals surface area contributed by atoms with Gasteiger partial charge in [-0.3, -0.25) is 4.99 Å². The van der Waals surface area contributed by atoms with Crippen LogP contribution in [0.1, 0.15) is 22.5 Å². The van der Waals surface area contributed by atoms with Gasteiger partial charge in [0.15, 0.2) is 0 Å². The molecule has 0 aliphatic carbocycles. The van der Waals surface area contributed by atoms with Crippen molar-refractivity contribution in [2.24, 2.45) is 4.99 Å². The maximum absolute atomic E-state index is 14.0. The average molecular weight is 438 g/mol. The van der Waals surface area contributed by atoms with Crippen molar-refractivity contribution in [2.75, 3.05) is 0 Å². The monoisotopic (exact) mass is 437 g/mol. The Morgan fingerprint density at radius 3 is 2.52 bits per heavy atom. The van der Waals surface area contributed by atoms with Crippen LogP contribution in [0, 0.1) is 0 Å². The Morgan fingerprint density at radius 2 is 1.81 bits per heavy atom. The maximum Gasteiger partial charge on any atom is 0.350 e. The van der Waals surface area contributed by atoms with Crippen molar-refractivity contribution in [3.8, 4) is 5.69 Å². The Bertz CT molecular complexity index is 1030. The first-order valence-electron chi connectivity index (χ1n) is 8.02. The first kappa shape index (κ1) is 17.9. The summed E-state index contributed by atoms with van der Waals surface area (Å²) in [6.07, 6.45) is -2.70. The second-order valence-electron chi connectivity index (χ2n) is 6.03. The molecule has 2 aromatic carbocycles. The van der Waals surface area contributed by atoms with E-state index in [9.17, 15) is 17.6 Å². The minimum absolute atomic E-state index is 0.0465. The van der Waals surface area contributed by atoms with Crippen LogP contribution in [0.25, 0.3) is 5.69 Å². The van der Waals surface area contributed by atoms with Gasteiger partial charge in [-0.1, -0.05) is 46.3 Å². The summed E-state index contributed by atoms with van der Waals surface area (Å²) in [6.45, 7) is -0.186. The van der Waals surface area contributed by atoms with Gasteiger partial charge in [-0.25, -0.2) is 13.8 Å². The predicted octanol–water partition coefficient (Wildman–Crippen LogP) is 5.34. The summed E-state index contributed by atoms with van der Waals surface area (Å²) in [6, 6.07) is 14.6. The Hall–Kier alpha value is -2.48. The van der Waals surface area contributed by atoms with E-state index >= 15 is 0 Å². The smallest absolute Gasteiger partial charge is 0.300 e. The minimum atomic E-state index is -4.34. The summed E-state index contributed by atoms with van der Waals surface area (Å²) in [5, 5.41) is 0. The van der Waals surface area contributed by atoms with Crippen LogP contribution in [0.3, 0.4) is 0 Å². The molecule has 0 spiro atoms. The molecule has 0 atom stereocenters. The first-order chi connectivity index (χ1) is 12.9. The van der Waals surface area contributed by atoms with Crippen molar-refractivity contribution in [3.63, 3.8) is 0 Å². The summed E-state index contributed by atoms with van der Waals surface area (Å²) >= 11 is 3.41. The second-order valence-corrected chi connectivity index (χ2v) is 6.94. The number of nitrogens with zero attached hydrogens (tertiary/aromatic N) is 3. The number of hydrogen-bond donors (Lipinski definition) is 0. The number of fused-ring (bicyclic) bond motifs is 3. The minimum Gasteiger partial charge on any atom is -0.300 e. The molecule has 0 unspecified atom stereocenters. The molecule has 1 aliphatic rings. The highest BCUT2D eigenvalue weighted by Gasteiger charge is 2.47. The van der Waals surface area contributed by atoms with Gasteiger partial charge in [0.05, 0.1) is 23.6 Å². The fourth-order valence-corrected chi connectivity index (χ4v) is 3.47. The number of alkyl halides is 4. The average Bonchev–Trinajstić information content (AvgIpc) is 3.01. The highest BCUT2D eigenvalue weighted by molar-refractivity contribution is 9.10. The molecule has 2 heterocycles. The third-order valence-corrected chi connectivity index (χ3v) is 4.86. The van der Waals surface area contributed by atoms with Crippen LogP contribution in [0.15, 0.2) is 64.3 Å². The normalized spacial score (nSPS) is 13.8. The lowest BCUT2D eigenvalue weighted by molar-refractivity contribution is -0.138. The molecular formula is C19H12BrF4N3. The number of aliphatic imine (C=N–C) groups is 1. The van der Waals surface area contributed by atoms with Gasteiger partial charge < -0.3 is 4.57 Å². The lowest BCUT2D eigenvalue weighted by Gasteiger charge is -2.15. The van der Waals surface area contributed by atoms with Crippen LogP contribution < -0.4 is 0 Å². The molecule has 0 radical (unpaired) electrons. The van der Waals surface area contributed by atoms with Gasteiger partial charge in [0.25, 0.3) is 0 Å². The summed E-state index contributed by atoms with van der Waals surface area (Å²) < 4.78 is 56.0. The molecular weight excluding hydrogens is 426 g/mol. The van der Waals surface area contributed by atoms with Crippen molar-refractivity contribution in [1.82, 2.24) is 9.55 Å². The molecule has 0 saturated carbocycles. The van der Waals surface area contributed by atoms with Gasteiger partial charge in [0.2, 0.25) is 0 Å². The summed E-state index contributed by atoms with van der Waals surface area (Å²) in [5.74, 6) is -4.34. The van der Waals surface area contributed by atoms with Gasteiger partial charge in [-0.2, -0.15) is 8.78 Å². The van der Waals surface area contributed by atoms with Crippen LogP contribution in [0.2, 0.25) is 0 Å². The molecule has 0 N–H and O–H groups in total. The van der Waals surface area contributed by atoms with Crippen molar-refractivity contribution in [3.05, 3.63) is 81.8 Å². The van der Waals surface area contributed by atoms with Gasteiger partial charge in [0, 0.05) is 15.6 Å². The highest BCUT2D eigenvalue weighted by atomic mass is 79.9. The van der Waals surface area contributed by atoms with Crippen LogP contribution >= 0.6 is 15.9 Å². The first-order valence-corrected chi connectivity index (χ1v) is 8.81. The highest BCUT2D eigenvalue weighted by Crippen LogP contribution is 2.38. The van der Waals surface area contributed by atoms with E-state index in [1.165, 1.54) is 4.57 Å². The number of aromatic nitrogens is 2. The molecule has 1 aliphatic heterocycles. The Labute approximate surface area is 160 Å². The lowest BCUT2D eigenvalue weighted by atomic mass is 10.0. The van der Waals surface area contributed by atoms with Crippen LogP contribution in [-0.4, -0.2) is 21.7 Å². The van der Waals surface area contributed by atoms with Crippen LogP contribution in [0.5, 0.6) is 0 Å². The zero-order valence-corrected chi connectivity index (χ0v) is 15.3. The Kier molecular flexibility index (Phi) is 4.38. The molecule has 0 bridgehead atoms. The maximum atomic E-state index is 14.0. The summed E-state index contributed by atoms with van der Waals surface area (Å²) in [7, 11) is 0. The second kappa shape index (κ2) is 6.60. The number of imidazole rings is 1. The van der Waals surface area contributed by atoms with Gasteiger partial charge in [-0.05, 0) is 18.2 Å². The summed E-state index contributed by atoms with van der Waals surface area (Å²) in [5.41, 5.74) is 1.66. The van der Waals surface area contributed by atoms with Crippen molar-refractivity contribution in [1.29, 1.82) is 0 Å². The molecule has 3 aromatic rings. The zero-order chi connectivity index (χ0) is 19.2. The van der Waals surface area contributed by atoms with Crippen molar-refractivity contribution in [2.45, 2.75) is 18.9 Å². The SMILES string of the molecule is FC(F)C(F)(F)c1ncn2c1CN=C(c1ccccc1)c1cc(Br)ccc1-2. The van der Waals surface area contributed by atoms with E-state index in [0.29, 0.717) is 17.0 Å². The third-order valence-electron chi connectivity index (χ3n) is 4.36. The van der Waals surface area contributed by atoms with Crippen LogP contribution in [0.4, 0.5) is 17.6 Å². The van der Waals surface area contributed by atoms with E-state index in [4.69, 9.17) is 0 Å². The third kappa shape index (κ3) is 2.97. The Morgan fingerprint density at radius 1 is 1.07 bits per heavy atom. The van der Waals surface area contributed by atoms with E-state index in [-0.39, 0.29) is 12.2 Å². The fraction of sp³-hybridized carbons (Fsp3) is 0.158. The molecule has 27 heavy (non-hydrogen) atoms. The van der Waals surface area contributed by atoms with Crippen molar-refractivity contribution >= 4 is 21.6 Å². The van der Waals surface area contributed by atoms with E-state index in [0.717, 1.165) is 16.4 Å². The van der Waals surface area contributed by atoms with E-state index in [2.05, 4.69) is 25.9 Å². The molecule has 0 amide bonds. The lowest BCUT2D eigenvalue weighted by Crippen LogP contribution is -2.25. The molecule has 0 saturated heterocycles. The van der Waals surface area contributed by atoms with Gasteiger partial charge in [-0.15, -0.1) is 0 Å². The largest absolute Gasteiger partial charge is 0.350 e. The topological polar surface area (TPSA) is 30.2 Å². The fourth-order valence-electron chi connectivity index (χ4n) is 3.10. The number of hydrogen-bond acceptors (Lipinski definition) is 2. The van der Waals surface area contributed by atoms with Gasteiger partial charge in [0.1, 0.15) is 12.0 Å². The van der Waals surface area contributed by atoms with E-state index < -0.39 is 18.0 Å². The standard InChI is InChI=1S/C19H12BrF4N3/c20-12-6-7-14-13(8-12)16(11-4-2-1-3-5-11)25-9-15-17(26-10-27(14)15)19(23,24)18(21)22/h1-8,10,18H,9H2. The zero-order valence-electron chi connectivity index (χ0n) is 13.7. The van der Waals surface area contributed by atoms with Crippen molar-refractivity contribution < 1.29 is 17.6 Å². The molecule has 4 rings (SSSR count). The van der Waals surface area contributed by atoms with E-state index in [1.807, 2.05) is 36.4 Å². The molecule has 138 valence electrons. The summed E-state index contributed by atoms with van der Waals surface area (Å²) in [4.78, 5) is 8.08. The van der Waals surface area contributed by atoms with E-state index in [1.54, 1.807) is 12.1 Å². The number of halogens is 5. The van der Waals surface area contributed by atoms with Crippen LogP contribution in [-0.2, 0) is 12.5 Å². The number of rotatable bonds is 3. The molecule has 0 fully saturated rings. The molecule has 1 aromatic heterocycles. The van der Waals surface area contributed by atoms with Gasteiger partial charge >= 0.3 is 12.3 Å². The predicted molar refractivity (Wildman–Crippen MR) is 96.9 cm³/mol. The molecule has 3 nitrogen and oxygen atoms in total. The Balaban J connectivity index is 1.96. The number of benzene rings is 2. The molecule has 8 heteroatoms. The quantitative estimate of drug-likeness (QED) is 0.508.